The molecule has 2 aromatic carbocycles. The molecule has 124 valence electrons. The predicted molar refractivity (Wildman–Crippen MR) is 106 cm³/mol. The highest BCUT2D eigenvalue weighted by atomic mass is 32.1. The number of rotatable bonds is 5. The summed E-state index contributed by atoms with van der Waals surface area (Å²) in [6.07, 6.45) is 1.22. The molecule has 4 aromatic rings. The number of thiazole rings is 1. The molecule has 0 radical (unpaired) electrons. The largest absolute Gasteiger partial charge is 0.326 e. The van der Waals surface area contributed by atoms with Gasteiger partial charge in [0.2, 0.25) is 5.91 Å². The first kappa shape index (κ1) is 16.0. The van der Waals surface area contributed by atoms with E-state index in [1.165, 1.54) is 10.3 Å². The Kier molecular flexibility index (Phi) is 4.59. The number of anilines is 1. The molecule has 0 saturated carbocycles. The Morgan fingerprint density at radius 1 is 1.00 bits per heavy atom. The van der Waals surface area contributed by atoms with Gasteiger partial charge in [-0.3, -0.25) is 4.79 Å². The van der Waals surface area contributed by atoms with Crippen molar-refractivity contribution in [3.63, 3.8) is 0 Å². The van der Waals surface area contributed by atoms with Crippen molar-refractivity contribution in [2.45, 2.75) is 12.8 Å². The van der Waals surface area contributed by atoms with Gasteiger partial charge in [-0.15, -0.1) is 11.3 Å². The van der Waals surface area contributed by atoms with Crippen LogP contribution in [-0.2, 0) is 17.6 Å². The van der Waals surface area contributed by atoms with Gasteiger partial charge in [0.15, 0.2) is 0 Å². The summed E-state index contributed by atoms with van der Waals surface area (Å²) in [4.78, 5) is 16.7. The minimum atomic E-state index is 0.0114. The number of para-hydroxylation sites is 1. The second kappa shape index (κ2) is 7.17. The summed E-state index contributed by atoms with van der Waals surface area (Å²) in [7, 11) is 0. The fourth-order valence-corrected chi connectivity index (χ4v) is 4.33. The molecule has 0 fully saturated rings. The van der Waals surface area contributed by atoms with Crippen LogP contribution in [0, 0.1) is 0 Å². The first-order valence-electron chi connectivity index (χ1n) is 8.00. The summed E-state index contributed by atoms with van der Waals surface area (Å²) in [6, 6.07) is 18.2. The van der Waals surface area contributed by atoms with Gasteiger partial charge in [0.05, 0.1) is 21.6 Å². The Morgan fingerprint density at radius 2 is 1.84 bits per heavy atom. The molecular formula is C20H16N2OS2. The van der Waals surface area contributed by atoms with Gasteiger partial charge in [0.1, 0.15) is 0 Å². The van der Waals surface area contributed by atoms with Crippen LogP contribution < -0.4 is 5.32 Å². The maximum absolute atomic E-state index is 12.0. The molecule has 3 nitrogen and oxygen atoms in total. The number of hydrogen-bond acceptors (Lipinski definition) is 4. The van der Waals surface area contributed by atoms with E-state index in [4.69, 9.17) is 0 Å². The molecule has 0 atom stereocenters. The van der Waals surface area contributed by atoms with Crippen molar-refractivity contribution in [3.05, 3.63) is 81.5 Å². The maximum Gasteiger partial charge on any atom is 0.228 e. The highest BCUT2D eigenvalue weighted by Gasteiger charge is 2.06. The van der Waals surface area contributed by atoms with Crippen molar-refractivity contribution in [2.24, 2.45) is 0 Å². The summed E-state index contributed by atoms with van der Waals surface area (Å²) in [5, 5.41) is 8.04. The zero-order valence-electron chi connectivity index (χ0n) is 13.4. The lowest BCUT2D eigenvalue weighted by molar-refractivity contribution is -0.115. The number of aromatic nitrogens is 1. The van der Waals surface area contributed by atoms with Gasteiger partial charge in [0.25, 0.3) is 0 Å². The van der Waals surface area contributed by atoms with Crippen LogP contribution in [0.25, 0.3) is 10.2 Å². The average molecular weight is 364 g/mol. The third kappa shape index (κ3) is 3.95. The summed E-state index contributed by atoms with van der Waals surface area (Å²) < 4.78 is 1.22. The predicted octanol–water partition coefficient (Wildman–Crippen LogP) is 5.13. The van der Waals surface area contributed by atoms with Crippen molar-refractivity contribution in [1.82, 2.24) is 4.98 Å². The van der Waals surface area contributed by atoms with Gasteiger partial charge in [-0.1, -0.05) is 24.3 Å². The Morgan fingerprint density at radius 3 is 2.60 bits per heavy atom. The van der Waals surface area contributed by atoms with Crippen molar-refractivity contribution in [1.29, 1.82) is 0 Å². The van der Waals surface area contributed by atoms with E-state index in [0.717, 1.165) is 28.2 Å². The zero-order valence-corrected chi connectivity index (χ0v) is 15.1. The van der Waals surface area contributed by atoms with Crippen LogP contribution in [0.1, 0.15) is 16.1 Å². The van der Waals surface area contributed by atoms with E-state index < -0.39 is 0 Å². The third-order valence-corrected chi connectivity index (χ3v) is 5.64. The SMILES string of the molecule is O=C(Cc1ccsc1)Nc1ccc(Cc2nc3ccccc3s2)cc1. The van der Waals surface area contributed by atoms with Crippen LogP contribution in [0.4, 0.5) is 5.69 Å². The molecular weight excluding hydrogens is 348 g/mol. The molecule has 25 heavy (non-hydrogen) atoms. The van der Waals surface area contributed by atoms with Crippen LogP contribution in [0.5, 0.6) is 0 Å². The number of benzene rings is 2. The summed E-state index contributed by atoms with van der Waals surface area (Å²) in [5.74, 6) is 0.0114. The molecule has 1 N–H and O–H groups in total. The van der Waals surface area contributed by atoms with Crippen LogP contribution in [-0.4, -0.2) is 10.9 Å². The Labute approximate surface area is 154 Å². The number of carbonyl (C=O) groups excluding carboxylic acids is 1. The molecule has 5 heteroatoms. The van der Waals surface area contributed by atoms with E-state index in [-0.39, 0.29) is 5.91 Å². The third-order valence-electron chi connectivity index (χ3n) is 3.88. The zero-order chi connectivity index (χ0) is 17.1. The van der Waals surface area contributed by atoms with E-state index in [9.17, 15) is 4.79 Å². The molecule has 0 aliphatic rings. The van der Waals surface area contributed by atoms with Crippen molar-refractivity contribution in [2.75, 3.05) is 5.32 Å². The molecule has 0 bridgehead atoms. The van der Waals surface area contributed by atoms with Gasteiger partial charge in [0, 0.05) is 12.1 Å². The number of thiophene rings is 1. The van der Waals surface area contributed by atoms with Crippen LogP contribution in [0.3, 0.4) is 0 Å². The van der Waals surface area contributed by atoms with Gasteiger partial charge in [-0.2, -0.15) is 11.3 Å². The molecule has 0 unspecified atom stereocenters. The standard InChI is InChI=1S/C20H16N2OS2/c23-19(11-15-9-10-24-13-15)21-16-7-5-14(6-8-16)12-20-22-17-3-1-2-4-18(17)25-20/h1-10,13H,11-12H2,(H,21,23). The number of amides is 1. The average Bonchev–Trinajstić information content (AvgIpc) is 3.25. The van der Waals surface area contributed by atoms with Crippen molar-refractivity contribution < 1.29 is 4.79 Å². The fraction of sp³-hybridized carbons (Fsp3) is 0.100. The first-order valence-corrected chi connectivity index (χ1v) is 9.76. The normalized spacial score (nSPS) is 10.9. The van der Waals surface area contributed by atoms with E-state index in [2.05, 4.69) is 16.4 Å². The minimum Gasteiger partial charge on any atom is -0.326 e. The van der Waals surface area contributed by atoms with Gasteiger partial charge >= 0.3 is 0 Å². The Balaban J connectivity index is 1.40. The molecule has 4 rings (SSSR count). The lowest BCUT2D eigenvalue weighted by Crippen LogP contribution is -2.13. The van der Waals surface area contributed by atoms with E-state index >= 15 is 0 Å². The van der Waals surface area contributed by atoms with E-state index in [1.54, 1.807) is 22.7 Å². The van der Waals surface area contributed by atoms with Crippen LogP contribution in [0.2, 0.25) is 0 Å². The van der Waals surface area contributed by atoms with Gasteiger partial charge < -0.3 is 5.32 Å². The van der Waals surface area contributed by atoms with Gasteiger partial charge in [-0.25, -0.2) is 4.98 Å². The number of nitrogens with one attached hydrogen (secondary N) is 1. The van der Waals surface area contributed by atoms with Crippen LogP contribution in [0.15, 0.2) is 65.4 Å². The molecule has 0 aliphatic carbocycles. The summed E-state index contributed by atoms with van der Waals surface area (Å²) >= 11 is 3.34. The Bertz CT molecular complexity index is 955. The number of nitrogens with zero attached hydrogens (tertiary/aromatic N) is 1. The molecule has 0 aliphatic heterocycles. The van der Waals surface area contributed by atoms with E-state index in [0.29, 0.717) is 6.42 Å². The molecule has 2 aromatic heterocycles. The van der Waals surface area contributed by atoms with Crippen LogP contribution >= 0.6 is 22.7 Å². The van der Waals surface area contributed by atoms with E-state index in [1.807, 2.05) is 59.3 Å². The lowest BCUT2D eigenvalue weighted by Gasteiger charge is -2.05. The fourth-order valence-electron chi connectivity index (χ4n) is 2.66. The number of hydrogen-bond donors (Lipinski definition) is 1. The maximum atomic E-state index is 12.0. The number of carbonyl (C=O) groups is 1. The first-order chi connectivity index (χ1) is 12.3. The second-order valence-corrected chi connectivity index (χ2v) is 7.70. The highest BCUT2D eigenvalue weighted by molar-refractivity contribution is 7.18. The topological polar surface area (TPSA) is 42.0 Å². The smallest absolute Gasteiger partial charge is 0.228 e. The lowest BCUT2D eigenvalue weighted by atomic mass is 10.1. The quantitative estimate of drug-likeness (QED) is 0.533. The Hall–Kier alpha value is -2.50. The second-order valence-electron chi connectivity index (χ2n) is 5.81. The number of fused-ring (bicyclic) bond motifs is 1. The van der Waals surface area contributed by atoms with Crippen molar-refractivity contribution in [3.8, 4) is 0 Å². The highest BCUT2D eigenvalue weighted by Crippen LogP contribution is 2.24. The summed E-state index contributed by atoms with van der Waals surface area (Å²) in [6.45, 7) is 0. The molecule has 1 amide bonds. The minimum absolute atomic E-state index is 0.0114. The monoisotopic (exact) mass is 364 g/mol. The molecule has 0 saturated heterocycles. The molecule has 0 spiro atoms. The van der Waals surface area contributed by atoms with Gasteiger partial charge in [-0.05, 0) is 52.2 Å². The summed E-state index contributed by atoms with van der Waals surface area (Å²) in [5.41, 5.74) is 4.12. The van der Waals surface area contributed by atoms with Crippen molar-refractivity contribution >= 4 is 44.5 Å². The molecule has 2 heterocycles.